The Hall–Kier alpha value is -1.58. The Balaban J connectivity index is 2.25. The van der Waals surface area contributed by atoms with E-state index in [9.17, 15) is 10.1 Å². The molecule has 0 atom stereocenters. The number of nitrogens with zero attached hydrogens (tertiary/aromatic N) is 2. The first-order chi connectivity index (χ1) is 8.74. The van der Waals surface area contributed by atoms with Gasteiger partial charge in [0.1, 0.15) is 5.69 Å². The molecule has 98 valence electrons. The fraction of sp³-hybridized carbons (Fsp3) is 0.571. The van der Waals surface area contributed by atoms with E-state index in [4.69, 9.17) is 0 Å². The maximum Gasteiger partial charge on any atom is 0.292 e. The van der Waals surface area contributed by atoms with Crippen molar-refractivity contribution in [3.05, 3.63) is 33.9 Å². The van der Waals surface area contributed by atoms with Gasteiger partial charge in [0.05, 0.1) is 4.92 Å². The number of hydrogen-bond acceptors (Lipinski definition) is 3. The van der Waals surface area contributed by atoms with Gasteiger partial charge < -0.3 is 4.90 Å². The fourth-order valence-electron chi connectivity index (χ4n) is 2.64. The summed E-state index contributed by atoms with van der Waals surface area (Å²) in [5.41, 5.74) is 2.26. The van der Waals surface area contributed by atoms with E-state index in [1.807, 2.05) is 6.07 Å². The van der Waals surface area contributed by atoms with Gasteiger partial charge >= 0.3 is 0 Å². The van der Waals surface area contributed by atoms with Gasteiger partial charge in [-0.25, -0.2) is 0 Å². The maximum absolute atomic E-state index is 11.1. The predicted molar refractivity (Wildman–Crippen MR) is 73.2 cm³/mol. The molecule has 2 rings (SSSR count). The lowest BCUT2D eigenvalue weighted by Gasteiger charge is -2.30. The van der Waals surface area contributed by atoms with Crippen LogP contribution in [0.25, 0.3) is 0 Å². The summed E-state index contributed by atoms with van der Waals surface area (Å²) in [5.74, 6) is 0. The Labute approximate surface area is 108 Å². The van der Waals surface area contributed by atoms with E-state index in [1.54, 1.807) is 12.1 Å². The molecule has 0 spiro atoms. The highest BCUT2D eigenvalue weighted by Crippen LogP contribution is 2.35. The summed E-state index contributed by atoms with van der Waals surface area (Å²) in [6.07, 6.45) is 5.54. The van der Waals surface area contributed by atoms with Crippen LogP contribution in [0.3, 0.4) is 0 Å². The van der Waals surface area contributed by atoms with Crippen LogP contribution in [0.1, 0.15) is 38.2 Å². The molecule has 0 N–H and O–H groups in total. The molecule has 0 aliphatic carbocycles. The average molecular weight is 248 g/mol. The lowest BCUT2D eigenvalue weighted by molar-refractivity contribution is -0.384. The quantitative estimate of drug-likeness (QED) is 0.455. The Morgan fingerprint density at radius 1 is 1.39 bits per heavy atom. The van der Waals surface area contributed by atoms with Gasteiger partial charge in [0, 0.05) is 19.2 Å². The third-order valence-electron chi connectivity index (χ3n) is 3.52. The van der Waals surface area contributed by atoms with Crippen molar-refractivity contribution >= 4 is 11.4 Å². The molecule has 1 aliphatic rings. The Kier molecular flexibility index (Phi) is 4.18. The number of benzene rings is 1. The fourth-order valence-corrected chi connectivity index (χ4v) is 2.64. The normalized spacial score (nSPS) is 14.4. The topological polar surface area (TPSA) is 46.4 Å². The second-order valence-electron chi connectivity index (χ2n) is 4.84. The van der Waals surface area contributed by atoms with E-state index in [0.29, 0.717) is 0 Å². The predicted octanol–water partition coefficient (Wildman–Crippen LogP) is 3.54. The number of rotatable bonds is 5. The molecular formula is C14H20N2O2. The molecule has 0 saturated carbocycles. The van der Waals surface area contributed by atoms with Crippen LogP contribution in [0.15, 0.2) is 18.2 Å². The molecule has 4 heteroatoms. The molecule has 0 amide bonds. The monoisotopic (exact) mass is 248 g/mol. The van der Waals surface area contributed by atoms with Crippen molar-refractivity contribution in [2.45, 2.75) is 39.0 Å². The molecule has 0 saturated heterocycles. The van der Waals surface area contributed by atoms with Gasteiger partial charge in [-0.3, -0.25) is 10.1 Å². The minimum Gasteiger partial charge on any atom is -0.366 e. The standard InChI is InChI=1S/C14H20N2O2/c1-2-3-4-10-15-11-6-8-12-7-5-9-13(14(12)15)16(17)18/h5,7,9H,2-4,6,8,10-11H2,1H3. The second-order valence-corrected chi connectivity index (χ2v) is 4.84. The molecule has 1 heterocycles. The van der Waals surface area contributed by atoms with Crippen LogP contribution in [-0.4, -0.2) is 18.0 Å². The number of unbranched alkanes of at least 4 members (excludes halogenated alkanes) is 2. The van der Waals surface area contributed by atoms with Crippen molar-refractivity contribution in [3.63, 3.8) is 0 Å². The number of para-hydroxylation sites is 1. The van der Waals surface area contributed by atoms with Crippen LogP contribution >= 0.6 is 0 Å². The summed E-state index contributed by atoms with van der Waals surface area (Å²) in [4.78, 5) is 13.1. The molecule has 1 aromatic rings. The third-order valence-corrected chi connectivity index (χ3v) is 3.52. The molecule has 1 aromatic carbocycles. The lowest BCUT2D eigenvalue weighted by atomic mass is 10.00. The van der Waals surface area contributed by atoms with Gasteiger partial charge in [-0.15, -0.1) is 0 Å². The summed E-state index contributed by atoms with van der Waals surface area (Å²) < 4.78 is 0. The van der Waals surface area contributed by atoms with Crippen molar-refractivity contribution in [2.75, 3.05) is 18.0 Å². The molecule has 0 fully saturated rings. The molecule has 0 aromatic heterocycles. The molecular weight excluding hydrogens is 228 g/mol. The number of anilines is 1. The summed E-state index contributed by atoms with van der Waals surface area (Å²) in [5, 5.41) is 11.1. The maximum atomic E-state index is 11.1. The highest BCUT2D eigenvalue weighted by atomic mass is 16.6. The number of nitro groups is 1. The van der Waals surface area contributed by atoms with Gasteiger partial charge in [0.2, 0.25) is 0 Å². The smallest absolute Gasteiger partial charge is 0.292 e. The summed E-state index contributed by atoms with van der Waals surface area (Å²) in [7, 11) is 0. The second kappa shape index (κ2) is 5.85. The summed E-state index contributed by atoms with van der Waals surface area (Å²) in [6, 6.07) is 5.44. The summed E-state index contributed by atoms with van der Waals surface area (Å²) >= 11 is 0. The van der Waals surface area contributed by atoms with E-state index in [-0.39, 0.29) is 10.6 Å². The van der Waals surface area contributed by atoms with E-state index in [2.05, 4.69) is 11.8 Å². The van der Waals surface area contributed by atoms with Crippen LogP contribution in [0.4, 0.5) is 11.4 Å². The number of fused-ring (bicyclic) bond motifs is 1. The molecule has 0 radical (unpaired) electrons. The van der Waals surface area contributed by atoms with Crippen LogP contribution in [0.5, 0.6) is 0 Å². The van der Waals surface area contributed by atoms with E-state index in [0.717, 1.165) is 43.6 Å². The molecule has 1 aliphatic heterocycles. The van der Waals surface area contributed by atoms with Gasteiger partial charge in [-0.2, -0.15) is 0 Å². The lowest BCUT2D eigenvalue weighted by Crippen LogP contribution is -2.31. The minimum atomic E-state index is -0.253. The first-order valence-corrected chi connectivity index (χ1v) is 6.75. The van der Waals surface area contributed by atoms with Gasteiger partial charge in [-0.1, -0.05) is 31.9 Å². The van der Waals surface area contributed by atoms with Crippen LogP contribution in [0, 0.1) is 10.1 Å². The van der Waals surface area contributed by atoms with Gasteiger partial charge in [0.25, 0.3) is 5.69 Å². The number of nitro benzene ring substituents is 1. The Morgan fingerprint density at radius 3 is 2.94 bits per heavy atom. The van der Waals surface area contributed by atoms with Crippen molar-refractivity contribution in [2.24, 2.45) is 0 Å². The minimum absolute atomic E-state index is 0.253. The highest BCUT2D eigenvalue weighted by Gasteiger charge is 2.25. The van der Waals surface area contributed by atoms with Gasteiger partial charge in [-0.05, 0) is 24.8 Å². The number of aryl methyl sites for hydroxylation is 1. The summed E-state index contributed by atoms with van der Waals surface area (Å²) in [6.45, 7) is 4.06. The molecule has 0 bridgehead atoms. The van der Waals surface area contributed by atoms with E-state index >= 15 is 0 Å². The first-order valence-electron chi connectivity index (χ1n) is 6.75. The number of hydrogen-bond donors (Lipinski definition) is 0. The average Bonchev–Trinajstić information content (AvgIpc) is 2.38. The zero-order chi connectivity index (χ0) is 13.0. The van der Waals surface area contributed by atoms with Crippen LogP contribution in [0.2, 0.25) is 0 Å². The molecule has 18 heavy (non-hydrogen) atoms. The third kappa shape index (κ3) is 2.63. The molecule has 0 unspecified atom stereocenters. The van der Waals surface area contributed by atoms with E-state index < -0.39 is 0 Å². The zero-order valence-electron chi connectivity index (χ0n) is 10.9. The molecule has 4 nitrogen and oxygen atoms in total. The highest BCUT2D eigenvalue weighted by molar-refractivity contribution is 5.69. The van der Waals surface area contributed by atoms with Crippen LogP contribution < -0.4 is 4.90 Å². The zero-order valence-corrected chi connectivity index (χ0v) is 10.9. The van der Waals surface area contributed by atoms with E-state index in [1.165, 1.54) is 12.8 Å². The van der Waals surface area contributed by atoms with Gasteiger partial charge in [0.15, 0.2) is 0 Å². The van der Waals surface area contributed by atoms with Crippen molar-refractivity contribution in [1.82, 2.24) is 0 Å². The van der Waals surface area contributed by atoms with Crippen molar-refractivity contribution < 1.29 is 4.92 Å². The largest absolute Gasteiger partial charge is 0.366 e. The SMILES string of the molecule is CCCCCN1CCCc2cccc([N+](=O)[O-])c21. The Bertz CT molecular complexity index is 432. The first kappa shape index (κ1) is 12.9. The Morgan fingerprint density at radius 2 is 2.22 bits per heavy atom. The van der Waals surface area contributed by atoms with Crippen molar-refractivity contribution in [3.8, 4) is 0 Å². The van der Waals surface area contributed by atoms with Crippen LogP contribution in [-0.2, 0) is 6.42 Å². The van der Waals surface area contributed by atoms with Crippen molar-refractivity contribution in [1.29, 1.82) is 0 Å².